The van der Waals surface area contributed by atoms with E-state index in [0.717, 1.165) is 12.1 Å². The number of hydrogen-bond acceptors (Lipinski definition) is 2. The number of benzene rings is 2. The summed E-state index contributed by atoms with van der Waals surface area (Å²) in [5, 5.41) is 0. The molecule has 0 aliphatic heterocycles. The van der Waals surface area contributed by atoms with E-state index in [4.69, 9.17) is 5.73 Å². The predicted octanol–water partition coefficient (Wildman–Crippen LogP) is 4.53. The van der Waals surface area contributed by atoms with Crippen LogP contribution in [-0.4, -0.2) is 6.36 Å². The first kappa shape index (κ1) is 15.8. The van der Waals surface area contributed by atoms with Crippen LogP contribution in [0.4, 0.5) is 17.6 Å². The van der Waals surface area contributed by atoms with Gasteiger partial charge in [0.2, 0.25) is 0 Å². The minimum atomic E-state index is -4.75. The number of rotatable bonds is 3. The van der Waals surface area contributed by atoms with Crippen LogP contribution in [0.1, 0.15) is 17.2 Å². The summed E-state index contributed by atoms with van der Waals surface area (Å²) in [6, 6.07) is 8.63. The first-order chi connectivity index (χ1) is 9.78. The summed E-state index contributed by atoms with van der Waals surface area (Å²) < 4.78 is 54.3. The van der Waals surface area contributed by atoms with Gasteiger partial charge in [-0.05, 0) is 29.8 Å². The van der Waals surface area contributed by atoms with Crippen LogP contribution in [0, 0.1) is 5.82 Å². The fourth-order valence-corrected chi connectivity index (χ4v) is 2.44. The molecule has 0 aliphatic rings. The second kappa shape index (κ2) is 6.03. The summed E-state index contributed by atoms with van der Waals surface area (Å²) in [5.41, 5.74) is 6.67. The highest BCUT2D eigenvalue weighted by atomic mass is 79.9. The maximum Gasteiger partial charge on any atom is 0.573 e. The molecular weight excluding hydrogens is 354 g/mol. The highest BCUT2D eigenvalue weighted by Gasteiger charge is 2.31. The smallest absolute Gasteiger partial charge is 0.406 e. The molecule has 0 saturated carbocycles. The topological polar surface area (TPSA) is 35.2 Å². The maximum atomic E-state index is 13.8. The fraction of sp³-hybridized carbons (Fsp3) is 0.143. The Balaban J connectivity index is 2.26. The maximum absolute atomic E-state index is 13.8. The third-order valence-electron chi connectivity index (χ3n) is 2.78. The second-order valence-electron chi connectivity index (χ2n) is 4.23. The van der Waals surface area contributed by atoms with E-state index in [2.05, 4.69) is 20.7 Å². The molecule has 21 heavy (non-hydrogen) atoms. The van der Waals surface area contributed by atoms with E-state index in [-0.39, 0.29) is 11.3 Å². The summed E-state index contributed by atoms with van der Waals surface area (Å²) in [5.74, 6) is -0.849. The van der Waals surface area contributed by atoms with Gasteiger partial charge in [0.15, 0.2) is 0 Å². The Labute approximate surface area is 126 Å². The fourth-order valence-electron chi connectivity index (χ4n) is 1.85. The van der Waals surface area contributed by atoms with Gasteiger partial charge in [0, 0.05) is 10.0 Å². The van der Waals surface area contributed by atoms with E-state index in [0.29, 0.717) is 10.0 Å². The van der Waals surface area contributed by atoms with Gasteiger partial charge < -0.3 is 10.5 Å². The quantitative estimate of drug-likeness (QED) is 0.812. The number of halogens is 5. The lowest BCUT2D eigenvalue weighted by atomic mass is 9.99. The number of ether oxygens (including phenoxy) is 1. The van der Waals surface area contributed by atoms with Gasteiger partial charge in [-0.3, -0.25) is 0 Å². The van der Waals surface area contributed by atoms with Gasteiger partial charge in [-0.25, -0.2) is 4.39 Å². The lowest BCUT2D eigenvalue weighted by molar-refractivity contribution is -0.274. The highest BCUT2D eigenvalue weighted by Crippen LogP contribution is 2.30. The Morgan fingerprint density at radius 1 is 1.05 bits per heavy atom. The van der Waals surface area contributed by atoms with Crippen molar-refractivity contribution in [2.45, 2.75) is 12.4 Å². The van der Waals surface area contributed by atoms with Crippen molar-refractivity contribution >= 4 is 15.9 Å². The van der Waals surface area contributed by atoms with Gasteiger partial charge in [0.05, 0.1) is 6.04 Å². The summed E-state index contributed by atoms with van der Waals surface area (Å²) >= 11 is 3.21. The van der Waals surface area contributed by atoms with Crippen LogP contribution < -0.4 is 10.5 Å². The third-order valence-corrected chi connectivity index (χ3v) is 3.48. The van der Waals surface area contributed by atoms with Crippen LogP contribution >= 0.6 is 15.9 Å². The minimum Gasteiger partial charge on any atom is -0.406 e. The molecule has 7 heteroatoms. The van der Waals surface area contributed by atoms with Crippen LogP contribution in [0.25, 0.3) is 0 Å². The number of hydrogen-bond donors (Lipinski definition) is 1. The average Bonchev–Trinajstić information content (AvgIpc) is 2.37. The van der Waals surface area contributed by atoms with Crippen molar-refractivity contribution in [3.05, 3.63) is 63.9 Å². The molecule has 0 unspecified atom stereocenters. The Morgan fingerprint density at radius 2 is 1.67 bits per heavy atom. The van der Waals surface area contributed by atoms with Crippen LogP contribution in [0.5, 0.6) is 5.75 Å². The van der Waals surface area contributed by atoms with Gasteiger partial charge >= 0.3 is 6.36 Å². The zero-order chi connectivity index (χ0) is 15.6. The zero-order valence-corrected chi connectivity index (χ0v) is 12.1. The number of alkyl halides is 3. The SMILES string of the molecule is N[C@@H](c1ccc(OC(F)(F)F)cc1)c1c(F)cccc1Br. The van der Waals surface area contributed by atoms with Crippen molar-refractivity contribution in [3.8, 4) is 5.75 Å². The molecule has 2 nitrogen and oxygen atoms in total. The third kappa shape index (κ3) is 3.95. The van der Waals surface area contributed by atoms with E-state index in [1.54, 1.807) is 6.07 Å². The molecule has 2 aromatic rings. The molecule has 0 radical (unpaired) electrons. The van der Waals surface area contributed by atoms with Crippen molar-refractivity contribution in [1.82, 2.24) is 0 Å². The molecule has 0 saturated heterocycles. The Hall–Kier alpha value is -1.60. The van der Waals surface area contributed by atoms with Gasteiger partial charge in [0.25, 0.3) is 0 Å². The van der Waals surface area contributed by atoms with Gasteiger partial charge in [-0.15, -0.1) is 13.2 Å². The van der Waals surface area contributed by atoms with Crippen LogP contribution in [0.2, 0.25) is 0 Å². The molecule has 0 amide bonds. The lowest BCUT2D eigenvalue weighted by Crippen LogP contribution is -2.17. The molecule has 0 aromatic heterocycles. The molecule has 112 valence electrons. The minimum absolute atomic E-state index is 0.238. The van der Waals surface area contributed by atoms with Crippen LogP contribution in [0.15, 0.2) is 46.9 Å². The first-order valence-electron chi connectivity index (χ1n) is 5.83. The van der Waals surface area contributed by atoms with Gasteiger partial charge in [0.1, 0.15) is 11.6 Å². The molecule has 0 aliphatic carbocycles. The molecule has 2 aromatic carbocycles. The summed E-state index contributed by atoms with van der Waals surface area (Å²) in [6.45, 7) is 0. The van der Waals surface area contributed by atoms with E-state index in [1.165, 1.54) is 24.3 Å². The lowest BCUT2D eigenvalue weighted by Gasteiger charge is -2.16. The Bertz CT molecular complexity index is 608. The molecule has 1 atom stereocenters. The predicted molar refractivity (Wildman–Crippen MR) is 73.3 cm³/mol. The van der Waals surface area contributed by atoms with Crippen molar-refractivity contribution < 1.29 is 22.3 Å². The van der Waals surface area contributed by atoms with Crippen molar-refractivity contribution in [2.24, 2.45) is 5.73 Å². The van der Waals surface area contributed by atoms with Crippen molar-refractivity contribution in [3.63, 3.8) is 0 Å². The van der Waals surface area contributed by atoms with E-state index >= 15 is 0 Å². The molecule has 0 heterocycles. The Morgan fingerprint density at radius 3 is 2.19 bits per heavy atom. The summed E-state index contributed by atoms with van der Waals surface area (Å²) in [7, 11) is 0. The van der Waals surface area contributed by atoms with Crippen LogP contribution in [-0.2, 0) is 0 Å². The monoisotopic (exact) mass is 363 g/mol. The van der Waals surface area contributed by atoms with Gasteiger partial charge in [-0.1, -0.05) is 34.1 Å². The summed E-state index contributed by atoms with van der Waals surface area (Å²) in [6.07, 6.45) is -4.75. The van der Waals surface area contributed by atoms with Crippen molar-refractivity contribution in [2.75, 3.05) is 0 Å². The molecule has 0 spiro atoms. The normalized spacial score (nSPS) is 13.0. The molecule has 2 rings (SSSR count). The van der Waals surface area contributed by atoms with Crippen molar-refractivity contribution in [1.29, 1.82) is 0 Å². The molecule has 0 bridgehead atoms. The van der Waals surface area contributed by atoms with Crippen LogP contribution in [0.3, 0.4) is 0 Å². The largest absolute Gasteiger partial charge is 0.573 e. The Kier molecular flexibility index (Phi) is 4.53. The van der Waals surface area contributed by atoms with Gasteiger partial charge in [-0.2, -0.15) is 0 Å². The van der Waals surface area contributed by atoms with E-state index in [9.17, 15) is 17.6 Å². The van der Waals surface area contributed by atoms with E-state index < -0.39 is 18.2 Å². The first-order valence-corrected chi connectivity index (χ1v) is 6.62. The molecular formula is C14H10BrF4NO. The highest BCUT2D eigenvalue weighted by molar-refractivity contribution is 9.10. The number of nitrogens with two attached hydrogens (primary N) is 1. The van der Waals surface area contributed by atoms with E-state index in [1.807, 2.05) is 0 Å². The average molecular weight is 364 g/mol. The second-order valence-corrected chi connectivity index (χ2v) is 5.08. The standard InChI is InChI=1S/C14H10BrF4NO/c15-10-2-1-3-11(16)12(10)13(20)8-4-6-9(7-5-8)21-14(17,18)19/h1-7,13H,20H2/t13-/m0/s1. The molecule has 2 N–H and O–H groups in total. The summed E-state index contributed by atoms with van der Waals surface area (Å²) in [4.78, 5) is 0. The zero-order valence-electron chi connectivity index (χ0n) is 10.5. The molecule has 0 fully saturated rings.